The highest BCUT2D eigenvalue weighted by Crippen LogP contribution is 2.45. The summed E-state index contributed by atoms with van der Waals surface area (Å²) in [5.74, 6) is 0.200. The van der Waals surface area contributed by atoms with E-state index in [9.17, 15) is 43.2 Å². The maximum absolute atomic E-state index is 13.1. The largest absolute Gasteiger partial charge is 0.472 e. The molecule has 0 amide bonds. The quantitative estimate of drug-likeness (QED) is 0.0222. The first kappa shape index (κ1) is 95.1. The average molecular weight is 1420 g/mol. The molecule has 0 heterocycles. The number of phosphoric ester groups is 2. The number of hydrogen-bond acceptors (Lipinski definition) is 15. The first-order chi connectivity index (χ1) is 46.7. The van der Waals surface area contributed by atoms with Crippen LogP contribution in [0.25, 0.3) is 0 Å². The summed E-state index contributed by atoms with van der Waals surface area (Å²) in [5, 5.41) is 10.6. The normalized spacial score (nSPS) is 14.0. The van der Waals surface area contributed by atoms with E-state index in [1.165, 1.54) is 212 Å². The van der Waals surface area contributed by atoms with Gasteiger partial charge in [0.25, 0.3) is 0 Å². The van der Waals surface area contributed by atoms with Gasteiger partial charge >= 0.3 is 39.5 Å². The molecule has 2 unspecified atom stereocenters. The zero-order valence-electron chi connectivity index (χ0n) is 63.5. The molecule has 0 aliphatic carbocycles. The fourth-order valence-electron chi connectivity index (χ4n) is 12.0. The predicted octanol–water partition coefficient (Wildman–Crippen LogP) is 23.0. The number of ether oxygens (including phenoxy) is 4. The number of rotatable bonds is 76. The number of aliphatic hydroxyl groups excluding tert-OH is 1. The number of carbonyl (C=O) groups excluding carboxylic acids is 4. The topological polar surface area (TPSA) is 237 Å². The Morgan fingerprint density at radius 2 is 0.474 bits per heavy atom. The third kappa shape index (κ3) is 72.2. The minimum absolute atomic E-state index is 0.105. The number of aliphatic hydroxyl groups is 1. The molecule has 0 spiro atoms. The lowest BCUT2D eigenvalue weighted by Gasteiger charge is -2.21. The van der Waals surface area contributed by atoms with Crippen LogP contribution >= 0.6 is 15.6 Å². The van der Waals surface area contributed by atoms with Gasteiger partial charge < -0.3 is 33.8 Å². The highest BCUT2D eigenvalue weighted by molar-refractivity contribution is 7.47. The zero-order valence-corrected chi connectivity index (χ0v) is 65.3. The molecule has 0 aromatic rings. The Balaban J connectivity index is 5.21. The van der Waals surface area contributed by atoms with E-state index in [2.05, 4.69) is 48.5 Å². The van der Waals surface area contributed by atoms with Crippen molar-refractivity contribution in [3.05, 3.63) is 0 Å². The van der Waals surface area contributed by atoms with Crippen LogP contribution in [0.5, 0.6) is 0 Å². The average Bonchev–Trinajstić information content (AvgIpc) is 1.37. The number of unbranched alkanes of at least 4 members (excludes halogenated alkanes) is 44. The first-order valence-corrected chi connectivity index (χ1v) is 43.3. The van der Waals surface area contributed by atoms with Crippen LogP contribution in [0.4, 0.5) is 0 Å². The van der Waals surface area contributed by atoms with Crippen LogP contribution in [0.15, 0.2) is 0 Å². The van der Waals surface area contributed by atoms with Crippen LogP contribution in [-0.4, -0.2) is 96.7 Å². The molecule has 0 radical (unpaired) electrons. The smallest absolute Gasteiger partial charge is 0.462 e. The third-order valence-electron chi connectivity index (χ3n) is 18.1. The molecule has 0 rings (SSSR count). The summed E-state index contributed by atoms with van der Waals surface area (Å²) >= 11 is 0. The molecule has 0 aromatic heterocycles. The lowest BCUT2D eigenvalue weighted by atomic mass is 10.0. The van der Waals surface area contributed by atoms with Gasteiger partial charge in [0.1, 0.15) is 19.3 Å². The Bertz CT molecular complexity index is 1890. The molecule has 19 heteroatoms. The van der Waals surface area contributed by atoms with Crippen molar-refractivity contribution in [2.75, 3.05) is 39.6 Å². The van der Waals surface area contributed by atoms with Gasteiger partial charge in [0, 0.05) is 25.7 Å². The lowest BCUT2D eigenvalue weighted by molar-refractivity contribution is -0.161. The van der Waals surface area contributed by atoms with Gasteiger partial charge in [0.15, 0.2) is 12.2 Å². The summed E-state index contributed by atoms with van der Waals surface area (Å²) < 4.78 is 68.6. The van der Waals surface area contributed by atoms with Crippen molar-refractivity contribution >= 4 is 39.5 Å². The summed E-state index contributed by atoms with van der Waals surface area (Å²) in [7, 11) is -9.91. The monoisotopic (exact) mass is 1420 g/mol. The Morgan fingerprint density at radius 3 is 0.701 bits per heavy atom. The molecule has 17 nitrogen and oxygen atoms in total. The van der Waals surface area contributed by atoms with E-state index in [0.29, 0.717) is 25.7 Å². The molecule has 0 aromatic carbocycles. The van der Waals surface area contributed by atoms with Gasteiger partial charge in [-0.15, -0.1) is 0 Å². The maximum atomic E-state index is 13.1. The predicted molar refractivity (Wildman–Crippen MR) is 395 cm³/mol. The highest BCUT2D eigenvalue weighted by Gasteiger charge is 2.30. The lowest BCUT2D eigenvalue weighted by Crippen LogP contribution is -2.30. The van der Waals surface area contributed by atoms with Gasteiger partial charge in [0.05, 0.1) is 26.4 Å². The molecule has 97 heavy (non-hydrogen) atoms. The van der Waals surface area contributed by atoms with Crippen LogP contribution in [-0.2, 0) is 65.4 Å². The van der Waals surface area contributed by atoms with Gasteiger partial charge in [-0.25, -0.2) is 9.13 Å². The Morgan fingerprint density at radius 1 is 0.278 bits per heavy atom. The molecular weight excluding hydrogens is 1270 g/mol. The van der Waals surface area contributed by atoms with Gasteiger partial charge in [-0.3, -0.25) is 37.3 Å². The summed E-state index contributed by atoms with van der Waals surface area (Å²) in [6, 6.07) is 0. The van der Waals surface area contributed by atoms with Gasteiger partial charge in [0.2, 0.25) is 0 Å². The molecule has 0 fully saturated rings. The minimum Gasteiger partial charge on any atom is -0.462 e. The SMILES string of the molecule is CCCCCCCCCCCCCC(=O)OC[C@H](COP(=O)(O)OC[C@H](O)COP(=O)(O)OC[C@@H](COC(=O)CCCCCCCCCCCCC(C)C)OC(=O)CCCCCCCCCCCCCCCCCCCCC(C)C)OC(=O)CCCCCCCCCCCC(C)C. The Kier molecular flexibility index (Phi) is 67.1. The van der Waals surface area contributed by atoms with Crippen molar-refractivity contribution in [2.24, 2.45) is 17.8 Å². The number of hydrogen-bond donors (Lipinski definition) is 3. The number of phosphoric acid groups is 2. The van der Waals surface area contributed by atoms with Crippen LogP contribution in [0, 0.1) is 17.8 Å². The standard InChI is InChI=1S/C78H152O17P2/c1-8-9-10-11-12-13-22-31-38-45-52-59-75(80)88-66-74(95-78(83)62-55-48-41-34-27-30-37-44-51-58-71(6)7)68-93-97(86,87)91-64-72(79)63-90-96(84,85)92-67-73(65-89-76(81)60-53-46-39-32-26-25-29-36-43-50-57-70(4)5)94-77(82)61-54-47-40-33-24-21-19-17-15-14-16-18-20-23-28-35-42-49-56-69(2)3/h69-74,79H,8-68H2,1-7H3,(H,84,85)(H,86,87)/t72-,73-,74-/m1/s1. The maximum Gasteiger partial charge on any atom is 0.472 e. The van der Waals surface area contributed by atoms with E-state index in [4.69, 9.17) is 37.0 Å². The molecule has 0 saturated carbocycles. The van der Waals surface area contributed by atoms with E-state index in [-0.39, 0.29) is 25.7 Å². The Hall–Kier alpha value is -1.94. The molecule has 0 bridgehead atoms. The second-order valence-corrected chi connectivity index (χ2v) is 32.4. The highest BCUT2D eigenvalue weighted by atomic mass is 31.2. The van der Waals surface area contributed by atoms with Crippen molar-refractivity contribution in [1.29, 1.82) is 0 Å². The van der Waals surface area contributed by atoms with Gasteiger partial charge in [-0.1, -0.05) is 350 Å². The molecule has 0 aliphatic rings. The zero-order chi connectivity index (χ0) is 71.6. The Labute approximate surface area is 594 Å². The van der Waals surface area contributed by atoms with E-state index in [1.807, 2.05) is 0 Å². The molecular formula is C78H152O17P2. The number of esters is 4. The van der Waals surface area contributed by atoms with Crippen LogP contribution in [0.1, 0.15) is 402 Å². The van der Waals surface area contributed by atoms with Gasteiger partial charge in [-0.2, -0.15) is 0 Å². The molecule has 0 aliphatic heterocycles. The van der Waals surface area contributed by atoms with Crippen molar-refractivity contribution in [3.63, 3.8) is 0 Å². The fraction of sp³-hybridized carbons (Fsp3) is 0.949. The summed E-state index contributed by atoms with van der Waals surface area (Å²) in [5.41, 5.74) is 0. The van der Waals surface area contributed by atoms with Crippen LogP contribution in [0.3, 0.4) is 0 Å². The fourth-order valence-corrected chi connectivity index (χ4v) is 13.5. The molecule has 5 atom stereocenters. The van der Waals surface area contributed by atoms with Gasteiger partial charge in [-0.05, 0) is 43.4 Å². The van der Waals surface area contributed by atoms with Crippen LogP contribution in [0.2, 0.25) is 0 Å². The van der Waals surface area contributed by atoms with Crippen molar-refractivity contribution in [1.82, 2.24) is 0 Å². The van der Waals surface area contributed by atoms with E-state index < -0.39 is 97.5 Å². The van der Waals surface area contributed by atoms with Crippen molar-refractivity contribution < 1.29 is 80.2 Å². The first-order valence-electron chi connectivity index (χ1n) is 40.3. The number of carbonyl (C=O) groups is 4. The van der Waals surface area contributed by atoms with E-state index in [1.54, 1.807) is 0 Å². The van der Waals surface area contributed by atoms with Crippen molar-refractivity contribution in [3.8, 4) is 0 Å². The third-order valence-corrected chi connectivity index (χ3v) is 20.0. The van der Waals surface area contributed by atoms with Crippen LogP contribution < -0.4 is 0 Å². The molecule has 576 valence electrons. The minimum atomic E-state index is -4.96. The van der Waals surface area contributed by atoms with Crippen molar-refractivity contribution in [2.45, 2.75) is 420 Å². The van der Waals surface area contributed by atoms with E-state index >= 15 is 0 Å². The summed E-state index contributed by atoms with van der Waals surface area (Å²) in [6.45, 7) is 11.9. The molecule has 0 saturated heterocycles. The molecule has 3 N–H and O–H groups in total. The second-order valence-electron chi connectivity index (χ2n) is 29.5. The summed E-state index contributed by atoms with van der Waals surface area (Å²) in [4.78, 5) is 72.9. The second kappa shape index (κ2) is 68.5. The van der Waals surface area contributed by atoms with E-state index in [0.717, 1.165) is 108 Å². The summed E-state index contributed by atoms with van der Waals surface area (Å²) in [6.07, 6.45) is 55.5.